The Kier molecular flexibility index (Phi) is 4.30. The molecule has 84 valence electrons. The lowest BCUT2D eigenvalue weighted by atomic mass is 9.96. The molecule has 0 aliphatic carbocycles. The average molecular weight is 206 g/mol. The van der Waals surface area contributed by atoms with E-state index < -0.39 is 0 Å². The fraction of sp³-hybridized carbons (Fsp3) is 0.538. The second-order valence-corrected chi connectivity index (χ2v) is 4.42. The van der Waals surface area contributed by atoms with Crippen molar-refractivity contribution >= 4 is 0 Å². The van der Waals surface area contributed by atoms with E-state index in [1.165, 1.54) is 16.7 Å². The summed E-state index contributed by atoms with van der Waals surface area (Å²) in [6.45, 7) is 5.04. The Morgan fingerprint density at radius 3 is 2.40 bits per heavy atom. The van der Waals surface area contributed by atoms with Gasteiger partial charge in [-0.3, -0.25) is 0 Å². The zero-order chi connectivity index (χ0) is 11.4. The molecule has 2 nitrogen and oxygen atoms in total. The lowest BCUT2D eigenvalue weighted by Crippen LogP contribution is -2.23. The van der Waals surface area contributed by atoms with Gasteiger partial charge in [-0.1, -0.05) is 23.8 Å². The number of benzene rings is 1. The minimum Gasteiger partial charge on any atom is -0.330 e. The van der Waals surface area contributed by atoms with Crippen molar-refractivity contribution in [1.29, 1.82) is 0 Å². The first-order chi connectivity index (χ1) is 7.06. The van der Waals surface area contributed by atoms with Gasteiger partial charge in [0.15, 0.2) is 0 Å². The zero-order valence-electron chi connectivity index (χ0n) is 10.2. The van der Waals surface area contributed by atoms with Gasteiger partial charge in [0.25, 0.3) is 0 Å². The van der Waals surface area contributed by atoms with Crippen LogP contribution in [0.2, 0.25) is 0 Å². The fourth-order valence-corrected chi connectivity index (χ4v) is 2.05. The summed E-state index contributed by atoms with van der Waals surface area (Å²) in [5.74, 6) is 0. The van der Waals surface area contributed by atoms with Crippen LogP contribution in [0.4, 0.5) is 0 Å². The Labute approximate surface area is 93.1 Å². The maximum Gasteiger partial charge on any atom is 0.0356 e. The van der Waals surface area contributed by atoms with Crippen molar-refractivity contribution in [1.82, 2.24) is 4.90 Å². The van der Waals surface area contributed by atoms with E-state index in [1.807, 2.05) is 0 Å². The molecule has 2 N–H and O–H groups in total. The van der Waals surface area contributed by atoms with Gasteiger partial charge in [-0.2, -0.15) is 0 Å². The highest BCUT2D eigenvalue weighted by atomic mass is 15.1. The van der Waals surface area contributed by atoms with E-state index >= 15 is 0 Å². The smallest absolute Gasteiger partial charge is 0.0356 e. The molecule has 0 spiro atoms. The largest absolute Gasteiger partial charge is 0.330 e. The van der Waals surface area contributed by atoms with Crippen molar-refractivity contribution in [3.63, 3.8) is 0 Å². The third-order valence-corrected chi connectivity index (χ3v) is 2.85. The van der Waals surface area contributed by atoms with E-state index in [4.69, 9.17) is 5.73 Å². The molecular formula is C13H22N2. The molecule has 2 heteroatoms. The second kappa shape index (κ2) is 5.29. The monoisotopic (exact) mass is 206 g/mol. The van der Waals surface area contributed by atoms with Crippen LogP contribution < -0.4 is 5.73 Å². The standard InChI is InChI=1S/C13H22N2/c1-10-5-6-12(11(2)9-10)13(7-8-14)15(3)4/h5-6,9,13H,7-8,14H2,1-4H3. The summed E-state index contributed by atoms with van der Waals surface area (Å²) >= 11 is 0. The van der Waals surface area contributed by atoms with Crippen LogP contribution in [0.15, 0.2) is 18.2 Å². The van der Waals surface area contributed by atoms with E-state index in [0.717, 1.165) is 13.0 Å². The van der Waals surface area contributed by atoms with Crippen molar-refractivity contribution in [3.8, 4) is 0 Å². The molecule has 0 aliphatic rings. The summed E-state index contributed by atoms with van der Waals surface area (Å²) in [5.41, 5.74) is 9.74. The van der Waals surface area contributed by atoms with Crippen LogP contribution in [0.25, 0.3) is 0 Å². The van der Waals surface area contributed by atoms with Crippen LogP contribution in [0.3, 0.4) is 0 Å². The van der Waals surface area contributed by atoms with Crippen molar-refractivity contribution in [2.45, 2.75) is 26.3 Å². The maximum absolute atomic E-state index is 5.66. The predicted molar refractivity (Wildman–Crippen MR) is 66.0 cm³/mol. The molecule has 0 saturated heterocycles. The van der Waals surface area contributed by atoms with Crippen LogP contribution in [-0.2, 0) is 0 Å². The van der Waals surface area contributed by atoms with Gasteiger partial charge in [0.05, 0.1) is 0 Å². The van der Waals surface area contributed by atoms with E-state index in [0.29, 0.717) is 6.04 Å². The van der Waals surface area contributed by atoms with Gasteiger partial charge in [-0.15, -0.1) is 0 Å². The van der Waals surface area contributed by atoms with Gasteiger partial charge in [0, 0.05) is 6.04 Å². The Balaban J connectivity index is 3.00. The molecule has 1 rings (SSSR count). The second-order valence-electron chi connectivity index (χ2n) is 4.42. The number of aryl methyl sites for hydroxylation is 2. The summed E-state index contributed by atoms with van der Waals surface area (Å²) in [5, 5.41) is 0. The van der Waals surface area contributed by atoms with Gasteiger partial charge >= 0.3 is 0 Å². The Morgan fingerprint density at radius 2 is 1.93 bits per heavy atom. The first kappa shape index (κ1) is 12.2. The lowest BCUT2D eigenvalue weighted by Gasteiger charge is -2.26. The highest BCUT2D eigenvalue weighted by Gasteiger charge is 2.14. The quantitative estimate of drug-likeness (QED) is 0.818. The van der Waals surface area contributed by atoms with Gasteiger partial charge in [0.2, 0.25) is 0 Å². The minimum atomic E-state index is 0.440. The first-order valence-corrected chi connectivity index (χ1v) is 5.50. The molecule has 0 aliphatic heterocycles. The summed E-state index contributed by atoms with van der Waals surface area (Å²) < 4.78 is 0. The van der Waals surface area contributed by atoms with Crippen molar-refractivity contribution in [2.24, 2.45) is 5.73 Å². The van der Waals surface area contributed by atoms with E-state index in [-0.39, 0.29) is 0 Å². The molecule has 15 heavy (non-hydrogen) atoms. The molecule has 0 aromatic heterocycles. The van der Waals surface area contributed by atoms with Crippen LogP contribution in [0.1, 0.15) is 29.2 Å². The molecule has 0 radical (unpaired) electrons. The zero-order valence-corrected chi connectivity index (χ0v) is 10.2. The van der Waals surface area contributed by atoms with Crippen molar-refractivity contribution < 1.29 is 0 Å². The Bertz CT molecular complexity index is 318. The summed E-state index contributed by atoms with van der Waals surface area (Å²) in [6.07, 6.45) is 1.01. The molecule has 1 atom stereocenters. The Hall–Kier alpha value is -0.860. The molecule has 0 fully saturated rings. The molecule has 0 saturated carbocycles. The number of nitrogens with two attached hydrogens (primary N) is 1. The molecule has 1 aromatic rings. The highest BCUT2D eigenvalue weighted by molar-refractivity contribution is 5.32. The highest BCUT2D eigenvalue weighted by Crippen LogP contribution is 2.25. The molecule has 1 unspecified atom stereocenters. The van der Waals surface area contributed by atoms with Gasteiger partial charge in [-0.05, 0) is 52.0 Å². The fourth-order valence-electron chi connectivity index (χ4n) is 2.05. The SMILES string of the molecule is Cc1ccc(C(CCN)N(C)C)c(C)c1. The van der Waals surface area contributed by atoms with E-state index in [9.17, 15) is 0 Å². The number of hydrogen-bond donors (Lipinski definition) is 1. The van der Waals surface area contributed by atoms with E-state index in [1.54, 1.807) is 0 Å². The molecule has 1 aromatic carbocycles. The van der Waals surface area contributed by atoms with Crippen LogP contribution in [0, 0.1) is 13.8 Å². The number of hydrogen-bond acceptors (Lipinski definition) is 2. The van der Waals surface area contributed by atoms with Crippen molar-refractivity contribution in [2.75, 3.05) is 20.6 Å². The molecule has 0 heterocycles. The topological polar surface area (TPSA) is 29.3 Å². The Morgan fingerprint density at radius 1 is 1.27 bits per heavy atom. The maximum atomic E-state index is 5.66. The van der Waals surface area contributed by atoms with Crippen LogP contribution in [-0.4, -0.2) is 25.5 Å². The van der Waals surface area contributed by atoms with Crippen molar-refractivity contribution in [3.05, 3.63) is 34.9 Å². The average Bonchev–Trinajstić information content (AvgIpc) is 2.15. The third kappa shape index (κ3) is 3.05. The van der Waals surface area contributed by atoms with Gasteiger partial charge in [-0.25, -0.2) is 0 Å². The van der Waals surface area contributed by atoms with E-state index in [2.05, 4.69) is 51.0 Å². The van der Waals surface area contributed by atoms with Gasteiger partial charge < -0.3 is 10.6 Å². The summed E-state index contributed by atoms with van der Waals surface area (Å²) in [6, 6.07) is 7.08. The lowest BCUT2D eigenvalue weighted by molar-refractivity contribution is 0.286. The number of rotatable bonds is 4. The number of nitrogens with zero attached hydrogens (tertiary/aromatic N) is 1. The van der Waals surface area contributed by atoms with Gasteiger partial charge in [0.1, 0.15) is 0 Å². The first-order valence-electron chi connectivity index (χ1n) is 5.50. The predicted octanol–water partition coefficient (Wildman–Crippen LogP) is 2.25. The molecule has 0 amide bonds. The summed E-state index contributed by atoms with van der Waals surface area (Å²) in [7, 11) is 4.22. The summed E-state index contributed by atoms with van der Waals surface area (Å²) in [4.78, 5) is 2.24. The minimum absolute atomic E-state index is 0.440. The molecular weight excluding hydrogens is 184 g/mol. The molecule has 0 bridgehead atoms. The van der Waals surface area contributed by atoms with Crippen LogP contribution in [0.5, 0.6) is 0 Å². The third-order valence-electron chi connectivity index (χ3n) is 2.85. The normalized spacial score (nSPS) is 13.2. The van der Waals surface area contributed by atoms with Crippen LogP contribution >= 0.6 is 0 Å².